The minimum atomic E-state index is -4.57. The summed E-state index contributed by atoms with van der Waals surface area (Å²) in [6.07, 6.45) is 2.20. The topological polar surface area (TPSA) is 95.9 Å². The van der Waals surface area contributed by atoms with Crippen LogP contribution >= 0.6 is 0 Å². The summed E-state index contributed by atoms with van der Waals surface area (Å²) < 4.78 is 39.8. The molecule has 3 aromatic carbocycles. The molecule has 0 spiro atoms. The molecular formula is C22H24O6S2. The average molecular weight is 449 g/mol. The van der Waals surface area contributed by atoms with Crippen molar-refractivity contribution in [1.82, 2.24) is 0 Å². The molecule has 0 amide bonds. The van der Waals surface area contributed by atoms with Crippen LogP contribution in [0.15, 0.2) is 89.8 Å². The van der Waals surface area contributed by atoms with Crippen LogP contribution in [-0.2, 0) is 32.1 Å². The Balaban J connectivity index is 0.000000232. The second kappa shape index (κ2) is 12.2. The van der Waals surface area contributed by atoms with E-state index in [1.807, 2.05) is 42.5 Å². The van der Waals surface area contributed by atoms with Crippen molar-refractivity contribution in [1.29, 1.82) is 0 Å². The van der Waals surface area contributed by atoms with Gasteiger partial charge in [0.05, 0.1) is 6.61 Å². The minimum Gasteiger partial charge on any atom is -0.726 e. The summed E-state index contributed by atoms with van der Waals surface area (Å²) >= 11 is 0. The largest absolute Gasteiger partial charge is 0.726 e. The predicted molar refractivity (Wildman–Crippen MR) is 117 cm³/mol. The van der Waals surface area contributed by atoms with Crippen LogP contribution in [0.4, 0.5) is 0 Å². The molecule has 3 aromatic rings. The summed E-state index contributed by atoms with van der Waals surface area (Å²) in [6.45, 7) is 0.511. The summed E-state index contributed by atoms with van der Waals surface area (Å²) in [6, 6.07) is 25.9. The number of benzene rings is 3. The van der Waals surface area contributed by atoms with Crippen LogP contribution in [0, 0.1) is 0 Å². The molecule has 0 aliphatic carbocycles. The predicted octanol–water partition coefficient (Wildman–Crippen LogP) is 3.74. The van der Waals surface area contributed by atoms with E-state index >= 15 is 0 Å². The maximum Gasteiger partial charge on any atom is 0.217 e. The van der Waals surface area contributed by atoms with E-state index in [0.29, 0.717) is 17.9 Å². The lowest BCUT2D eigenvalue weighted by molar-refractivity contribution is 0.253. The third kappa shape index (κ3) is 9.80. The van der Waals surface area contributed by atoms with Crippen LogP contribution in [0.1, 0.15) is 5.56 Å². The quantitative estimate of drug-likeness (QED) is 0.320. The van der Waals surface area contributed by atoms with Gasteiger partial charge >= 0.3 is 0 Å². The second-order valence-electron chi connectivity index (χ2n) is 6.15. The Morgan fingerprint density at radius 2 is 1.47 bits per heavy atom. The molecule has 160 valence electrons. The average Bonchev–Trinajstić information content (AvgIpc) is 2.74. The molecule has 0 heterocycles. The van der Waals surface area contributed by atoms with Gasteiger partial charge in [-0.1, -0.05) is 48.5 Å². The van der Waals surface area contributed by atoms with Gasteiger partial charge in [0, 0.05) is 10.9 Å². The molecule has 0 saturated heterocycles. The smallest absolute Gasteiger partial charge is 0.217 e. The molecule has 30 heavy (non-hydrogen) atoms. The van der Waals surface area contributed by atoms with E-state index in [2.05, 4.69) is 10.4 Å². The van der Waals surface area contributed by atoms with Gasteiger partial charge in [0.2, 0.25) is 10.4 Å². The molecule has 0 aromatic heterocycles. The van der Waals surface area contributed by atoms with Crippen molar-refractivity contribution in [2.75, 3.05) is 18.6 Å². The number of rotatable bonds is 8. The number of phenolic OH excluding ortho intramolecular Hbond substituents is 1. The number of aromatic hydroxyl groups is 1. The zero-order valence-electron chi connectivity index (χ0n) is 16.5. The van der Waals surface area contributed by atoms with Crippen molar-refractivity contribution >= 4 is 21.3 Å². The van der Waals surface area contributed by atoms with E-state index in [0.717, 1.165) is 11.5 Å². The van der Waals surface area contributed by atoms with Crippen LogP contribution in [0.25, 0.3) is 0 Å². The lowest BCUT2D eigenvalue weighted by Gasteiger charge is -2.06. The SMILES string of the molecule is C[S+](CCOc1ccccc1)c1ccc(O)cc1.O=S(=O)([O-])OCc1ccccc1. The molecule has 0 saturated carbocycles. The highest BCUT2D eigenvalue weighted by molar-refractivity contribution is 7.96. The molecule has 0 aliphatic heterocycles. The van der Waals surface area contributed by atoms with Crippen molar-refractivity contribution in [3.8, 4) is 11.5 Å². The van der Waals surface area contributed by atoms with Gasteiger partial charge in [-0.05, 0) is 42.0 Å². The van der Waals surface area contributed by atoms with E-state index in [-0.39, 0.29) is 17.5 Å². The fourth-order valence-electron chi connectivity index (χ4n) is 2.31. The van der Waals surface area contributed by atoms with Gasteiger partial charge in [-0.25, -0.2) is 8.42 Å². The highest BCUT2D eigenvalue weighted by atomic mass is 32.3. The minimum absolute atomic E-state index is 0.149. The van der Waals surface area contributed by atoms with Gasteiger partial charge in [-0.15, -0.1) is 0 Å². The van der Waals surface area contributed by atoms with Crippen LogP contribution in [-0.4, -0.2) is 36.7 Å². The van der Waals surface area contributed by atoms with Gasteiger partial charge < -0.3 is 14.4 Å². The highest BCUT2D eigenvalue weighted by Crippen LogP contribution is 2.16. The third-order valence-corrected chi connectivity index (χ3v) is 6.12. The monoisotopic (exact) mass is 448 g/mol. The van der Waals surface area contributed by atoms with Crippen molar-refractivity contribution in [2.24, 2.45) is 0 Å². The Bertz CT molecular complexity index is 962. The molecule has 3 rings (SSSR count). The van der Waals surface area contributed by atoms with E-state index in [1.165, 1.54) is 4.90 Å². The summed E-state index contributed by atoms with van der Waals surface area (Å²) in [5.41, 5.74) is 0.650. The fraction of sp³-hybridized carbons (Fsp3) is 0.182. The van der Waals surface area contributed by atoms with Gasteiger partial charge in [-0.2, -0.15) is 0 Å². The molecule has 6 nitrogen and oxygen atoms in total. The third-order valence-electron chi connectivity index (χ3n) is 3.85. The van der Waals surface area contributed by atoms with Crippen molar-refractivity contribution in [3.63, 3.8) is 0 Å². The zero-order valence-corrected chi connectivity index (χ0v) is 18.1. The van der Waals surface area contributed by atoms with Gasteiger partial charge in [-0.3, -0.25) is 4.18 Å². The van der Waals surface area contributed by atoms with E-state index in [9.17, 15) is 18.1 Å². The molecule has 8 heteroatoms. The number of hydrogen-bond donors (Lipinski definition) is 1. The molecule has 1 N–H and O–H groups in total. The summed E-state index contributed by atoms with van der Waals surface area (Å²) in [7, 11) is -4.42. The number of para-hydroxylation sites is 1. The lowest BCUT2D eigenvalue weighted by Crippen LogP contribution is -2.13. The summed E-state index contributed by atoms with van der Waals surface area (Å²) in [5.74, 6) is 2.22. The molecule has 0 aliphatic rings. The Morgan fingerprint density at radius 1 is 0.900 bits per heavy atom. The number of phenols is 1. The Kier molecular flexibility index (Phi) is 9.69. The Morgan fingerprint density at radius 3 is 2.03 bits per heavy atom. The Labute approximate surface area is 180 Å². The maximum atomic E-state index is 10.0. The first kappa shape index (κ1) is 23.8. The standard InChI is InChI=1S/C15H16O2S.C7H8O4S/c1-18(15-9-7-13(16)8-10-15)12-11-17-14-5-3-2-4-6-14;8-12(9,10)11-6-7-4-2-1-3-5-7/h2-10H,11-12H2,1H3;1-5H,6H2,(H,8,9,10). The van der Waals surface area contributed by atoms with Gasteiger partial charge in [0.25, 0.3) is 0 Å². The van der Waals surface area contributed by atoms with Crippen molar-refractivity contribution in [2.45, 2.75) is 11.5 Å². The van der Waals surface area contributed by atoms with E-state index < -0.39 is 10.4 Å². The molecular weight excluding hydrogens is 424 g/mol. The fourth-order valence-corrected chi connectivity index (χ4v) is 3.76. The molecule has 0 bridgehead atoms. The van der Waals surface area contributed by atoms with Crippen molar-refractivity contribution < 1.29 is 27.0 Å². The van der Waals surface area contributed by atoms with Crippen LogP contribution < -0.4 is 4.74 Å². The molecule has 0 fully saturated rings. The highest BCUT2D eigenvalue weighted by Gasteiger charge is 2.15. The number of hydrogen-bond acceptors (Lipinski definition) is 6. The van der Waals surface area contributed by atoms with Gasteiger partial charge in [0.15, 0.2) is 4.90 Å². The molecule has 0 radical (unpaired) electrons. The molecule has 1 atom stereocenters. The van der Waals surface area contributed by atoms with Gasteiger partial charge in [0.1, 0.15) is 30.1 Å². The first-order chi connectivity index (χ1) is 14.3. The zero-order chi connectivity index (χ0) is 21.8. The van der Waals surface area contributed by atoms with E-state index in [1.54, 1.807) is 42.5 Å². The van der Waals surface area contributed by atoms with Crippen LogP contribution in [0.3, 0.4) is 0 Å². The second-order valence-corrected chi connectivity index (χ2v) is 9.36. The van der Waals surface area contributed by atoms with E-state index in [4.69, 9.17) is 4.74 Å². The first-order valence-corrected chi connectivity index (χ1v) is 12.2. The number of ether oxygens (including phenoxy) is 1. The normalized spacial score (nSPS) is 11.8. The van der Waals surface area contributed by atoms with Crippen LogP contribution in [0.5, 0.6) is 11.5 Å². The molecule has 1 unspecified atom stereocenters. The summed E-state index contributed by atoms with van der Waals surface area (Å²) in [5, 5.41) is 9.24. The maximum absolute atomic E-state index is 10.0. The van der Waals surface area contributed by atoms with Crippen molar-refractivity contribution in [3.05, 3.63) is 90.5 Å². The first-order valence-electron chi connectivity index (χ1n) is 9.07. The summed E-state index contributed by atoms with van der Waals surface area (Å²) in [4.78, 5) is 1.25. The van der Waals surface area contributed by atoms with Crippen LogP contribution in [0.2, 0.25) is 0 Å². The Hall–Kier alpha value is -2.52. The lowest BCUT2D eigenvalue weighted by atomic mass is 10.2.